The van der Waals surface area contributed by atoms with Gasteiger partial charge in [0.05, 0.1) is 6.10 Å². The molecule has 0 radical (unpaired) electrons. The van der Waals surface area contributed by atoms with Gasteiger partial charge in [0, 0.05) is 0 Å². The van der Waals surface area contributed by atoms with Crippen LogP contribution in [-0.4, -0.2) is 11.2 Å². The number of aliphatic hydroxyl groups is 1. The summed E-state index contributed by atoms with van der Waals surface area (Å²) in [4.78, 5) is 0. The number of rotatable bonds is 9. The Labute approximate surface area is 114 Å². The SMILES string of the molecule is CCCCCCCC(O)C1(CC(C)C)CCCC1. The van der Waals surface area contributed by atoms with Gasteiger partial charge in [0.2, 0.25) is 0 Å². The van der Waals surface area contributed by atoms with Crippen molar-refractivity contribution in [2.75, 3.05) is 0 Å². The molecular formula is C17H34O. The van der Waals surface area contributed by atoms with Crippen molar-refractivity contribution in [1.29, 1.82) is 0 Å². The average Bonchev–Trinajstić information content (AvgIpc) is 2.77. The van der Waals surface area contributed by atoms with Crippen molar-refractivity contribution >= 4 is 0 Å². The lowest BCUT2D eigenvalue weighted by Gasteiger charge is -2.36. The maximum atomic E-state index is 10.6. The fraction of sp³-hybridized carbons (Fsp3) is 1.00. The van der Waals surface area contributed by atoms with Crippen molar-refractivity contribution in [3.63, 3.8) is 0 Å². The quantitative estimate of drug-likeness (QED) is 0.552. The van der Waals surface area contributed by atoms with E-state index in [1.165, 1.54) is 64.2 Å². The lowest BCUT2D eigenvalue weighted by Crippen LogP contribution is -2.34. The molecule has 18 heavy (non-hydrogen) atoms. The van der Waals surface area contributed by atoms with Crippen molar-refractivity contribution in [2.24, 2.45) is 11.3 Å². The number of hydrogen-bond acceptors (Lipinski definition) is 1. The number of aliphatic hydroxyl groups excluding tert-OH is 1. The number of unbranched alkanes of at least 4 members (excludes halogenated alkanes) is 4. The highest BCUT2D eigenvalue weighted by Gasteiger charge is 2.40. The summed E-state index contributed by atoms with van der Waals surface area (Å²) in [7, 11) is 0. The van der Waals surface area contributed by atoms with Gasteiger partial charge in [0.1, 0.15) is 0 Å². The zero-order chi connectivity index (χ0) is 13.4. The molecule has 0 aromatic rings. The normalized spacial score (nSPS) is 20.5. The monoisotopic (exact) mass is 254 g/mol. The van der Waals surface area contributed by atoms with Crippen LogP contribution in [0.25, 0.3) is 0 Å². The summed E-state index contributed by atoms with van der Waals surface area (Å²) in [6.07, 6.45) is 14.0. The largest absolute Gasteiger partial charge is 0.393 e. The maximum absolute atomic E-state index is 10.6. The van der Waals surface area contributed by atoms with Crippen LogP contribution in [-0.2, 0) is 0 Å². The summed E-state index contributed by atoms with van der Waals surface area (Å²) in [5.41, 5.74) is 0.277. The molecular weight excluding hydrogens is 220 g/mol. The molecule has 108 valence electrons. The minimum absolute atomic E-state index is 0.0379. The van der Waals surface area contributed by atoms with Gasteiger partial charge in [-0.25, -0.2) is 0 Å². The fourth-order valence-electron chi connectivity index (χ4n) is 3.81. The molecule has 0 saturated heterocycles. The van der Waals surface area contributed by atoms with Crippen LogP contribution in [0.5, 0.6) is 0 Å². The predicted molar refractivity (Wildman–Crippen MR) is 79.7 cm³/mol. The summed E-state index contributed by atoms with van der Waals surface area (Å²) >= 11 is 0. The molecule has 0 bridgehead atoms. The van der Waals surface area contributed by atoms with Gasteiger partial charge in [-0.05, 0) is 37.0 Å². The summed E-state index contributed by atoms with van der Waals surface area (Å²) in [6, 6.07) is 0. The zero-order valence-corrected chi connectivity index (χ0v) is 12.9. The van der Waals surface area contributed by atoms with Crippen molar-refractivity contribution in [3.8, 4) is 0 Å². The molecule has 0 aliphatic heterocycles. The Morgan fingerprint density at radius 3 is 2.17 bits per heavy atom. The molecule has 1 aliphatic rings. The molecule has 0 amide bonds. The third kappa shape index (κ3) is 4.91. The van der Waals surface area contributed by atoms with Crippen molar-refractivity contribution < 1.29 is 5.11 Å². The first-order valence-electron chi connectivity index (χ1n) is 8.29. The summed E-state index contributed by atoms with van der Waals surface area (Å²) in [5.74, 6) is 0.720. The van der Waals surface area contributed by atoms with E-state index in [1.807, 2.05) is 0 Å². The van der Waals surface area contributed by atoms with E-state index in [4.69, 9.17) is 0 Å². The van der Waals surface area contributed by atoms with Crippen LogP contribution < -0.4 is 0 Å². The summed E-state index contributed by atoms with van der Waals surface area (Å²) in [6.45, 7) is 6.85. The first-order valence-corrected chi connectivity index (χ1v) is 8.29. The Balaban J connectivity index is 2.33. The molecule has 1 rings (SSSR count). The highest BCUT2D eigenvalue weighted by Crippen LogP contribution is 2.47. The van der Waals surface area contributed by atoms with E-state index in [9.17, 15) is 5.11 Å². The summed E-state index contributed by atoms with van der Waals surface area (Å²) < 4.78 is 0. The van der Waals surface area contributed by atoms with E-state index >= 15 is 0 Å². The van der Waals surface area contributed by atoms with Crippen LogP contribution in [0.3, 0.4) is 0 Å². The minimum Gasteiger partial charge on any atom is -0.393 e. The predicted octanol–water partition coefficient (Wildman–Crippen LogP) is 5.31. The first kappa shape index (κ1) is 16.0. The van der Waals surface area contributed by atoms with Crippen LogP contribution >= 0.6 is 0 Å². The first-order chi connectivity index (χ1) is 8.60. The Hall–Kier alpha value is -0.0400. The Kier molecular flexibility index (Phi) is 7.29. The van der Waals surface area contributed by atoms with Crippen molar-refractivity contribution in [2.45, 2.75) is 97.5 Å². The average molecular weight is 254 g/mol. The Bertz CT molecular complexity index is 204. The van der Waals surface area contributed by atoms with E-state index in [-0.39, 0.29) is 11.5 Å². The van der Waals surface area contributed by atoms with Gasteiger partial charge in [-0.1, -0.05) is 65.7 Å². The molecule has 0 aromatic carbocycles. The zero-order valence-electron chi connectivity index (χ0n) is 12.9. The Morgan fingerprint density at radius 1 is 1.00 bits per heavy atom. The molecule has 0 heterocycles. The van der Waals surface area contributed by atoms with Crippen molar-refractivity contribution in [1.82, 2.24) is 0 Å². The fourth-order valence-corrected chi connectivity index (χ4v) is 3.81. The molecule has 1 aliphatic carbocycles. The second kappa shape index (κ2) is 8.19. The smallest absolute Gasteiger partial charge is 0.0596 e. The van der Waals surface area contributed by atoms with Gasteiger partial charge >= 0.3 is 0 Å². The van der Waals surface area contributed by atoms with Crippen LogP contribution in [0.15, 0.2) is 0 Å². The molecule has 0 spiro atoms. The molecule has 1 unspecified atom stereocenters. The molecule has 1 saturated carbocycles. The second-order valence-electron chi connectivity index (χ2n) is 6.89. The van der Waals surface area contributed by atoms with Gasteiger partial charge in [0.15, 0.2) is 0 Å². The van der Waals surface area contributed by atoms with Gasteiger partial charge in [0.25, 0.3) is 0 Å². The second-order valence-corrected chi connectivity index (χ2v) is 6.89. The lowest BCUT2D eigenvalue weighted by atomic mass is 9.72. The van der Waals surface area contributed by atoms with E-state index in [0.29, 0.717) is 0 Å². The minimum atomic E-state index is -0.0379. The van der Waals surface area contributed by atoms with E-state index in [0.717, 1.165) is 12.3 Å². The van der Waals surface area contributed by atoms with Gasteiger partial charge in [-0.15, -0.1) is 0 Å². The van der Waals surface area contributed by atoms with E-state index in [2.05, 4.69) is 20.8 Å². The highest BCUT2D eigenvalue weighted by atomic mass is 16.3. The standard InChI is InChI=1S/C17H34O/c1-4-5-6-7-8-11-16(18)17(14-15(2)3)12-9-10-13-17/h15-16,18H,4-14H2,1-3H3. The van der Waals surface area contributed by atoms with Crippen LogP contribution in [0.2, 0.25) is 0 Å². The summed E-state index contributed by atoms with van der Waals surface area (Å²) in [5, 5.41) is 10.6. The van der Waals surface area contributed by atoms with E-state index < -0.39 is 0 Å². The van der Waals surface area contributed by atoms with E-state index in [1.54, 1.807) is 0 Å². The lowest BCUT2D eigenvalue weighted by molar-refractivity contribution is 0.00540. The number of hydrogen-bond donors (Lipinski definition) is 1. The third-order valence-corrected chi connectivity index (χ3v) is 4.70. The van der Waals surface area contributed by atoms with Crippen molar-refractivity contribution in [3.05, 3.63) is 0 Å². The highest BCUT2D eigenvalue weighted by molar-refractivity contribution is 4.91. The van der Waals surface area contributed by atoms with Crippen LogP contribution in [0, 0.1) is 11.3 Å². The van der Waals surface area contributed by atoms with Gasteiger partial charge in [-0.3, -0.25) is 0 Å². The molecule has 1 N–H and O–H groups in total. The molecule has 1 atom stereocenters. The maximum Gasteiger partial charge on any atom is 0.0596 e. The van der Waals surface area contributed by atoms with Gasteiger partial charge in [-0.2, -0.15) is 0 Å². The molecule has 1 fully saturated rings. The Morgan fingerprint density at radius 2 is 1.61 bits per heavy atom. The van der Waals surface area contributed by atoms with Crippen LogP contribution in [0.4, 0.5) is 0 Å². The third-order valence-electron chi connectivity index (χ3n) is 4.70. The molecule has 0 aromatic heterocycles. The topological polar surface area (TPSA) is 20.2 Å². The van der Waals surface area contributed by atoms with Gasteiger partial charge < -0.3 is 5.11 Å². The molecule has 1 heteroatoms. The van der Waals surface area contributed by atoms with Crippen LogP contribution in [0.1, 0.15) is 91.4 Å². The molecule has 1 nitrogen and oxygen atoms in total.